The Morgan fingerprint density at radius 2 is 1.81 bits per heavy atom. The average Bonchev–Trinajstić information content (AvgIpc) is 2.84. The van der Waals surface area contributed by atoms with Crippen LogP contribution in [0.15, 0.2) is 42.5 Å². The van der Waals surface area contributed by atoms with E-state index in [0.717, 1.165) is 28.9 Å². The van der Waals surface area contributed by atoms with Crippen LogP contribution in [-0.4, -0.2) is 39.7 Å². The van der Waals surface area contributed by atoms with Crippen molar-refractivity contribution in [2.45, 2.75) is 76.1 Å². The Morgan fingerprint density at radius 1 is 1.10 bits per heavy atom. The van der Waals surface area contributed by atoms with E-state index >= 15 is 0 Å². The van der Waals surface area contributed by atoms with E-state index in [9.17, 15) is 15.3 Å². The minimum absolute atomic E-state index is 0.397. The van der Waals surface area contributed by atoms with Crippen LogP contribution in [0, 0.1) is 5.41 Å². The zero-order valence-electron chi connectivity index (χ0n) is 18.6. The molecule has 0 saturated heterocycles. The van der Waals surface area contributed by atoms with E-state index in [1.807, 2.05) is 49.4 Å². The van der Waals surface area contributed by atoms with Gasteiger partial charge in [-0.1, -0.05) is 42.3 Å². The second kappa shape index (κ2) is 8.08. The van der Waals surface area contributed by atoms with Crippen LogP contribution in [0.1, 0.15) is 63.1 Å². The van der Waals surface area contributed by atoms with Crippen LogP contribution in [0.4, 0.5) is 0 Å². The summed E-state index contributed by atoms with van der Waals surface area (Å²) in [7, 11) is 0. The van der Waals surface area contributed by atoms with Crippen LogP contribution in [0.2, 0.25) is 5.02 Å². The highest BCUT2D eigenvalue weighted by molar-refractivity contribution is 6.31. The highest BCUT2D eigenvalue weighted by atomic mass is 35.5. The molecular formula is C26H33ClO4. The summed E-state index contributed by atoms with van der Waals surface area (Å²) in [6.45, 7) is 6.10. The largest absolute Gasteiger partial charge is 0.494 e. The number of hydrogen-bond donors (Lipinski definition) is 3. The summed E-state index contributed by atoms with van der Waals surface area (Å²) in [6.07, 6.45) is 1.78. The molecule has 4 unspecified atom stereocenters. The molecule has 168 valence electrons. The third kappa shape index (κ3) is 3.58. The molecule has 4 rings (SSSR count). The number of fused-ring (bicyclic) bond motifs is 2. The van der Waals surface area contributed by atoms with Gasteiger partial charge in [0, 0.05) is 15.9 Å². The zero-order valence-corrected chi connectivity index (χ0v) is 19.3. The van der Waals surface area contributed by atoms with Crippen molar-refractivity contribution in [3.8, 4) is 5.75 Å². The molecule has 0 spiro atoms. The molecule has 2 fully saturated rings. The Balaban J connectivity index is 1.69. The third-order valence-electron chi connectivity index (χ3n) is 7.81. The van der Waals surface area contributed by atoms with Crippen molar-refractivity contribution in [3.63, 3.8) is 0 Å². The van der Waals surface area contributed by atoms with Gasteiger partial charge in [0.1, 0.15) is 5.75 Å². The van der Waals surface area contributed by atoms with Gasteiger partial charge in [-0.2, -0.15) is 0 Å². The van der Waals surface area contributed by atoms with E-state index in [4.69, 9.17) is 16.3 Å². The lowest BCUT2D eigenvalue weighted by molar-refractivity contribution is -0.141. The lowest BCUT2D eigenvalue weighted by atomic mass is 9.58. The molecule has 2 bridgehead atoms. The molecule has 2 aromatic rings. The summed E-state index contributed by atoms with van der Waals surface area (Å²) < 4.78 is 5.52. The fourth-order valence-corrected chi connectivity index (χ4v) is 6.21. The molecule has 5 heteroatoms. The van der Waals surface area contributed by atoms with Crippen LogP contribution < -0.4 is 4.74 Å². The molecule has 4 atom stereocenters. The normalized spacial score (nSPS) is 30.4. The van der Waals surface area contributed by atoms with Crippen LogP contribution in [-0.2, 0) is 11.8 Å². The molecule has 2 aliphatic rings. The molecule has 2 saturated carbocycles. The molecule has 0 radical (unpaired) electrons. The van der Waals surface area contributed by atoms with Crippen LogP contribution in [0.5, 0.6) is 5.75 Å². The van der Waals surface area contributed by atoms with Gasteiger partial charge in [0.2, 0.25) is 0 Å². The van der Waals surface area contributed by atoms with Crippen LogP contribution in [0.3, 0.4) is 0 Å². The molecule has 0 amide bonds. The minimum atomic E-state index is -1.08. The lowest BCUT2D eigenvalue weighted by Crippen LogP contribution is -2.57. The molecule has 0 heterocycles. The van der Waals surface area contributed by atoms with E-state index in [1.165, 1.54) is 0 Å². The van der Waals surface area contributed by atoms with Crippen molar-refractivity contribution in [1.29, 1.82) is 0 Å². The number of aliphatic hydroxyl groups excluding tert-OH is 2. The Morgan fingerprint density at radius 3 is 2.45 bits per heavy atom. The van der Waals surface area contributed by atoms with E-state index in [1.54, 1.807) is 13.8 Å². The van der Waals surface area contributed by atoms with Crippen molar-refractivity contribution in [3.05, 3.63) is 64.2 Å². The van der Waals surface area contributed by atoms with Gasteiger partial charge in [0.25, 0.3) is 0 Å². The van der Waals surface area contributed by atoms with Crippen molar-refractivity contribution >= 4 is 11.6 Å². The van der Waals surface area contributed by atoms with Gasteiger partial charge >= 0.3 is 0 Å². The maximum atomic E-state index is 11.5. The molecule has 4 nitrogen and oxygen atoms in total. The summed E-state index contributed by atoms with van der Waals surface area (Å²) in [4.78, 5) is 0. The summed E-state index contributed by atoms with van der Waals surface area (Å²) in [6, 6.07) is 13.8. The standard InChI is InChI=1S/C26H33ClO4/c1-4-31-20-9-6-17(7-10-20)14-18-15-19(8-11-21(18)27)26-13-5-12-25(23(26)29,16-22(26)28)24(2,3)30/h6-11,15,22-23,28-30H,4-5,12-14,16H2,1-3H3. The molecule has 0 aromatic heterocycles. The number of benzene rings is 2. The van der Waals surface area contributed by atoms with Gasteiger partial charge < -0.3 is 20.1 Å². The molecule has 31 heavy (non-hydrogen) atoms. The van der Waals surface area contributed by atoms with E-state index < -0.39 is 28.6 Å². The quantitative estimate of drug-likeness (QED) is 0.607. The number of rotatable bonds is 6. The Kier molecular flexibility index (Phi) is 5.89. The smallest absolute Gasteiger partial charge is 0.119 e. The summed E-state index contributed by atoms with van der Waals surface area (Å²) in [5, 5.41) is 34.3. The second-order valence-electron chi connectivity index (χ2n) is 9.79. The van der Waals surface area contributed by atoms with Gasteiger partial charge in [-0.25, -0.2) is 0 Å². The van der Waals surface area contributed by atoms with Crippen LogP contribution >= 0.6 is 11.6 Å². The summed E-state index contributed by atoms with van der Waals surface area (Å²) in [5.74, 6) is 0.840. The Hall–Kier alpha value is -1.59. The first-order valence-corrected chi connectivity index (χ1v) is 11.6. The fourth-order valence-electron chi connectivity index (χ4n) is 6.03. The lowest BCUT2D eigenvalue weighted by Gasteiger charge is -2.50. The van der Waals surface area contributed by atoms with E-state index in [0.29, 0.717) is 37.3 Å². The number of halogens is 1. The number of aliphatic hydroxyl groups is 3. The number of ether oxygens (including phenoxy) is 1. The number of hydrogen-bond acceptors (Lipinski definition) is 4. The summed E-state index contributed by atoms with van der Waals surface area (Å²) in [5.41, 5.74) is 0.414. The monoisotopic (exact) mass is 444 g/mol. The molecule has 0 aliphatic heterocycles. The second-order valence-corrected chi connectivity index (χ2v) is 10.2. The molecule has 2 aromatic carbocycles. The van der Waals surface area contributed by atoms with Crippen molar-refractivity contribution in [1.82, 2.24) is 0 Å². The first kappa shape index (κ1) is 22.6. The van der Waals surface area contributed by atoms with Gasteiger partial charge in [-0.3, -0.25) is 0 Å². The molecule has 3 N–H and O–H groups in total. The predicted octanol–water partition coefficient (Wildman–Crippen LogP) is 4.63. The SMILES string of the molecule is CCOc1ccc(Cc2cc(C34CCCC(C(C)(C)O)(CC3O)C4O)ccc2Cl)cc1. The maximum Gasteiger partial charge on any atom is 0.119 e. The third-order valence-corrected chi connectivity index (χ3v) is 8.18. The highest BCUT2D eigenvalue weighted by Crippen LogP contribution is 2.63. The van der Waals surface area contributed by atoms with Gasteiger partial charge in [0.15, 0.2) is 0 Å². The molecule has 2 aliphatic carbocycles. The minimum Gasteiger partial charge on any atom is -0.494 e. The van der Waals surface area contributed by atoms with E-state index in [-0.39, 0.29) is 0 Å². The van der Waals surface area contributed by atoms with Crippen molar-refractivity contribution < 1.29 is 20.1 Å². The first-order valence-electron chi connectivity index (χ1n) is 11.2. The average molecular weight is 445 g/mol. The summed E-state index contributed by atoms with van der Waals surface area (Å²) >= 11 is 6.55. The highest BCUT2D eigenvalue weighted by Gasteiger charge is 2.68. The first-order chi connectivity index (χ1) is 14.6. The zero-order chi connectivity index (χ0) is 22.4. The predicted molar refractivity (Wildman–Crippen MR) is 123 cm³/mol. The van der Waals surface area contributed by atoms with Gasteiger partial charge in [-0.15, -0.1) is 0 Å². The molecular weight excluding hydrogens is 412 g/mol. The van der Waals surface area contributed by atoms with Gasteiger partial charge in [0.05, 0.1) is 24.4 Å². The maximum absolute atomic E-state index is 11.5. The van der Waals surface area contributed by atoms with Crippen molar-refractivity contribution in [2.24, 2.45) is 5.41 Å². The van der Waals surface area contributed by atoms with Crippen molar-refractivity contribution in [2.75, 3.05) is 6.61 Å². The fraction of sp³-hybridized carbons (Fsp3) is 0.538. The topological polar surface area (TPSA) is 69.9 Å². The van der Waals surface area contributed by atoms with Crippen LogP contribution in [0.25, 0.3) is 0 Å². The van der Waals surface area contributed by atoms with Gasteiger partial charge in [-0.05, 0) is 81.3 Å². The van der Waals surface area contributed by atoms with E-state index in [2.05, 4.69) is 0 Å². The Bertz CT molecular complexity index is 935. The Labute approximate surface area is 189 Å².